The highest BCUT2D eigenvalue weighted by atomic mass is 16.5. The third kappa shape index (κ3) is 4.31. The molecule has 5 heteroatoms. The number of rotatable bonds is 6. The number of aliphatic hydroxyl groups excluding tert-OH is 1. The van der Waals surface area contributed by atoms with Crippen molar-refractivity contribution in [2.45, 2.75) is 43.9 Å². The van der Waals surface area contributed by atoms with Gasteiger partial charge in [-0.2, -0.15) is 0 Å². The predicted octanol–water partition coefficient (Wildman–Crippen LogP) is 1.91. The van der Waals surface area contributed by atoms with E-state index in [0.717, 1.165) is 25.0 Å². The van der Waals surface area contributed by atoms with E-state index in [1.807, 2.05) is 30.3 Å². The molecule has 3 rings (SSSR count). The van der Waals surface area contributed by atoms with Crippen molar-refractivity contribution in [1.29, 1.82) is 0 Å². The van der Waals surface area contributed by atoms with Crippen molar-refractivity contribution in [2.24, 2.45) is 0 Å². The zero-order valence-electron chi connectivity index (χ0n) is 13.4. The van der Waals surface area contributed by atoms with Crippen LogP contribution < -0.4 is 0 Å². The topological polar surface area (TPSA) is 59.0 Å². The number of β-amino-alcohol motifs (C(OH)–C–C–N with tert-alkyl or cyclic N) is 1. The van der Waals surface area contributed by atoms with E-state index in [1.165, 1.54) is 0 Å². The summed E-state index contributed by atoms with van der Waals surface area (Å²) >= 11 is 0. The molecule has 3 atom stereocenters. The Bertz CT molecular complexity index is 501. The van der Waals surface area contributed by atoms with Crippen LogP contribution >= 0.6 is 0 Å². The molecule has 126 valence electrons. The first-order chi connectivity index (χ1) is 11.2. The molecule has 2 saturated heterocycles. The third-order valence-electron chi connectivity index (χ3n) is 4.57. The van der Waals surface area contributed by atoms with Gasteiger partial charge in [-0.1, -0.05) is 30.3 Å². The number of aliphatic hydroxyl groups is 1. The molecule has 0 aliphatic carbocycles. The number of ether oxygens (including phenoxy) is 2. The molecule has 1 N–H and O–H groups in total. The van der Waals surface area contributed by atoms with Gasteiger partial charge < -0.3 is 19.5 Å². The van der Waals surface area contributed by atoms with Gasteiger partial charge >= 0.3 is 0 Å². The van der Waals surface area contributed by atoms with Gasteiger partial charge in [-0.3, -0.25) is 4.79 Å². The molecule has 0 bridgehead atoms. The van der Waals surface area contributed by atoms with Crippen molar-refractivity contribution in [1.82, 2.24) is 4.90 Å². The van der Waals surface area contributed by atoms with Crippen LogP contribution in [0.1, 0.15) is 37.3 Å². The van der Waals surface area contributed by atoms with Crippen molar-refractivity contribution >= 4 is 5.91 Å². The Morgan fingerprint density at radius 2 is 2.17 bits per heavy atom. The minimum atomic E-state index is -0.447. The van der Waals surface area contributed by atoms with E-state index >= 15 is 0 Å². The summed E-state index contributed by atoms with van der Waals surface area (Å²) in [7, 11) is 0. The maximum Gasteiger partial charge on any atom is 0.225 e. The van der Waals surface area contributed by atoms with Crippen LogP contribution in [0.3, 0.4) is 0 Å². The Hall–Kier alpha value is -1.43. The maximum atomic E-state index is 12.5. The summed E-state index contributed by atoms with van der Waals surface area (Å²) in [4.78, 5) is 14.3. The second kappa shape index (κ2) is 7.90. The van der Waals surface area contributed by atoms with Gasteiger partial charge in [-0.25, -0.2) is 0 Å². The van der Waals surface area contributed by atoms with Gasteiger partial charge in [0.05, 0.1) is 37.9 Å². The molecule has 2 aliphatic rings. The predicted molar refractivity (Wildman–Crippen MR) is 85.9 cm³/mol. The maximum absolute atomic E-state index is 12.5. The minimum absolute atomic E-state index is 0.0307. The first-order valence-corrected chi connectivity index (χ1v) is 8.46. The average molecular weight is 319 g/mol. The summed E-state index contributed by atoms with van der Waals surface area (Å²) in [5.74, 6) is 0.0442. The van der Waals surface area contributed by atoms with E-state index in [9.17, 15) is 9.90 Å². The fourth-order valence-corrected chi connectivity index (χ4v) is 3.37. The molecule has 23 heavy (non-hydrogen) atoms. The Morgan fingerprint density at radius 1 is 1.35 bits per heavy atom. The minimum Gasteiger partial charge on any atom is -0.391 e. The quantitative estimate of drug-likeness (QED) is 0.814. The Balaban J connectivity index is 1.48. The van der Waals surface area contributed by atoms with Crippen LogP contribution in [0.5, 0.6) is 0 Å². The zero-order valence-corrected chi connectivity index (χ0v) is 13.4. The molecule has 3 unspecified atom stereocenters. The van der Waals surface area contributed by atoms with E-state index in [0.29, 0.717) is 32.6 Å². The lowest BCUT2D eigenvalue weighted by Gasteiger charge is -2.25. The fourth-order valence-electron chi connectivity index (χ4n) is 3.37. The molecule has 1 aromatic carbocycles. The summed E-state index contributed by atoms with van der Waals surface area (Å²) in [6.07, 6.45) is 2.84. The highest BCUT2D eigenvalue weighted by Crippen LogP contribution is 2.32. The molecule has 0 spiro atoms. The van der Waals surface area contributed by atoms with Crippen LogP contribution in [0.25, 0.3) is 0 Å². The normalized spacial score (nSPS) is 27.5. The van der Waals surface area contributed by atoms with Crippen molar-refractivity contribution < 1.29 is 19.4 Å². The molecule has 2 aliphatic heterocycles. The summed E-state index contributed by atoms with van der Waals surface area (Å²) in [6.45, 7) is 2.20. The Labute approximate surface area is 137 Å². The SMILES string of the molecule is O=C(CCOCC1CCCO1)N1CC(O)CC1c1ccccc1. The van der Waals surface area contributed by atoms with E-state index in [1.54, 1.807) is 4.90 Å². The van der Waals surface area contributed by atoms with Gasteiger partial charge in [-0.05, 0) is 24.8 Å². The molecule has 0 radical (unpaired) electrons. The van der Waals surface area contributed by atoms with Crippen LogP contribution in [0.2, 0.25) is 0 Å². The molecule has 1 amide bonds. The molecule has 5 nitrogen and oxygen atoms in total. The standard InChI is InChI=1S/C18H25NO4/c20-15-11-17(14-5-2-1-3-6-14)19(12-15)18(21)8-10-22-13-16-7-4-9-23-16/h1-3,5-6,15-17,20H,4,7-13H2. The largest absolute Gasteiger partial charge is 0.391 e. The fraction of sp³-hybridized carbons (Fsp3) is 0.611. The lowest BCUT2D eigenvalue weighted by molar-refractivity contribution is -0.133. The van der Waals surface area contributed by atoms with Gasteiger partial charge in [0.1, 0.15) is 0 Å². The van der Waals surface area contributed by atoms with Gasteiger partial charge in [0, 0.05) is 13.2 Å². The lowest BCUT2D eigenvalue weighted by Crippen LogP contribution is -2.32. The van der Waals surface area contributed by atoms with Crippen molar-refractivity contribution in [3.63, 3.8) is 0 Å². The molecule has 2 fully saturated rings. The smallest absolute Gasteiger partial charge is 0.225 e. The van der Waals surface area contributed by atoms with E-state index < -0.39 is 6.10 Å². The van der Waals surface area contributed by atoms with Crippen LogP contribution in [0, 0.1) is 0 Å². The van der Waals surface area contributed by atoms with E-state index in [2.05, 4.69) is 0 Å². The highest BCUT2D eigenvalue weighted by Gasteiger charge is 2.34. The first kappa shape index (κ1) is 16.4. The number of carbonyl (C=O) groups excluding carboxylic acids is 1. The number of hydrogen-bond donors (Lipinski definition) is 1. The van der Waals surface area contributed by atoms with E-state index in [4.69, 9.17) is 9.47 Å². The second-order valence-electron chi connectivity index (χ2n) is 6.32. The third-order valence-corrected chi connectivity index (χ3v) is 4.57. The van der Waals surface area contributed by atoms with Gasteiger partial charge in [0.15, 0.2) is 0 Å². The monoisotopic (exact) mass is 319 g/mol. The van der Waals surface area contributed by atoms with Crippen LogP contribution in [-0.4, -0.2) is 54.5 Å². The molecule has 1 aromatic rings. The number of nitrogens with zero attached hydrogens (tertiary/aromatic N) is 1. The number of amides is 1. The van der Waals surface area contributed by atoms with Crippen LogP contribution in [-0.2, 0) is 14.3 Å². The first-order valence-electron chi connectivity index (χ1n) is 8.46. The highest BCUT2D eigenvalue weighted by molar-refractivity contribution is 5.77. The second-order valence-corrected chi connectivity index (χ2v) is 6.32. The van der Waals surface area contributed by atoms with Crippen LogP contribution in [0.15, 0.2) is 30.3 Å². The molecule has 2 heterocycles. The van der Waals surface area contributed by atoms with Crippen molar-refractivity contribution in [3.05, 3.63) is 35.9 Å². The zero-order chi connectivity index (χ0) is 16.1. The number of hydrogen-bond acceptors (Lipinski definition) is 4. The molecular weight excluding hydrogens is 294 g/mol. The summed E-state index contributed by atoms with van der Waals surface area (Å²) in [6, 6.07) is 9.88. The summed E-state index contributed by atoms with van der Waals surface area (Å²) < 4.78 is 11.1. The number of benzene rings is 1. The Morgan fingerprint density at radius 3 is 2.91 bits per heavy atom. The van der Waals surface area contributed by atoms with Crippen molar-refractivity contribution in [3.8, 4) is 0 Å². The van der Waals surface area contributed by atoms with E-state index in [-0.39, 0.29) is 18.1 Å². The Kier molecular flexibility index (Phi) is 5.65. The summed E-state index contributed by atoms with van der Waals surface area (Å²) in [5.41, 5.74) is 1.08. The lowest BCUT2D eigenvalue weighted by atomic mass is 10.0. The average Bonchev–Trinajstić information content (AvgIpc) is 3.21. The molecule has 0 saturated carbocycles. The number of likely N-dealkylation sites (tertiary alicyclic amines) is 1. The van der Waals surface area contributed by atoms with Gasteiger partial charge in [-0.15, -0.1) is 0 Å². The molecular formula is C18H25NO4. The van der Waals surface area contributed by atoms with Crippen LogP contribution in [0.4, 0.5) is 0 Å². The number of carbonyl (C=O) groups is 1. The van der Waals surface area contributed by atoms with Gasteiger partial charge in [0.25, 0.3) is 0 Å². The van der Waals surface area contributed by atoms with Crippen molar-refractivity contribution in [2.75, 3.05) is 26.4 Å². The van der Waals surface area contributed by atoms with Gasteiger partial charge in [0.2, 0.25) is 5.91 Å². The molecule has 0 aromatic heterocycles. The summed E-state index contributed by atoms with van der Waals surface area (Å²) in [5, 5.41) is 9.95.